The first kappa shape index (κ1) is 22.1. The van der Waals surface area contributed by atoms with E-state index in [1.807, 2.05) is 24.4 Å². The Morgan fingerprint density at radius 1 is 1.22 bits per heavy atom. The fourth-order valence-corrected chi connectivity index (χ4v) is 4.28. The second-order valence-electron chi connectivity index (χ2n) is 9.05. The summed E-state index contributed by atoms with van der Waals surface area (Å²) < 4.78 is 4.93. The van der Waals surface area contributed by atoms with E-state index in [1.165, 1.54) is 11.3 Å². The smallest absolute Gasteiger partial charge is 0.227 e. The van der Waals surface area contributed by atoms with E-state index in [2.05, 4.69) is 43.2 Å². The summed E-state index contributed by atoms with van der Waals surface area (Å²) in [7, 11) is 1.54. The van der Waals surface area contributed by atoms with Crippen molar-refractivity contribution in [2.24, 2.45) is 0 Å². The third-order valence-electron chi connectivity index (χ3n) is 6.31. The molecule has 1 aromatic carbocycles. The molecule has 0 aliphatic heterocycles. The van der Waals surface area contributed by atoms with Crippen LogP contribution in [-0.2, 0) is 27.8 Å². The van der Waals surface area contributed by atoms with Gasteiger partial charge in [-0.2, -0.15) is 0 Å². The second-order valence-corrected chi connectivity index (χ2v) is 9.05. The van der Waals surface area contributed by atoms with Gasteiger partial charge in [-0.15, -0.1) is 0 Å². The van der Waals surface area contributed by atoms with Crippen LogP contribution in [-0.4, -0.2) is 34.5 Å². The Morgan fingerprint density at radius 2 is 2.06 bits per heavy atom. The number of carbonyl (C=O) groups excluding carboxylic acids is 1. The van der Waals surface area contributed by atoms with Crippen molar-refractivity contribution in [1.82, 2.24) is 15.0 Å². The van der Waals surface area contributed by atoms with Gasteiger partial charge in [-0.1, -0.05) is 26.0 Å². The highest BCUT2D eigenvalue weighted by Crippen LogP contribution is 2.38. The van der Waals surface area contributed by atoms with Gasteiger partial charge in [-0.05, 0) is 66.5 Å². The van der Waals surface area contributed by atoms with E-state index in [9.17, 15) is 4.79 Å². The second kappa shape index (κ2) is 9.17. The molecule has 2 heterocycles. The van der Waals surface area contributed by atoms with Crippen LogP contribution in [0.5, 0.6) is 0 Å². The number of aryl methyl sites for hydroxylation is 2. The van der Waals surface area contributed by atoms with Crippen molar-refractivity contribution in [2.75, 3.05) is 19.0 Å². The molecule has 0 unspecified atom stereocenters. The van der Waals surface area contributed by atoms with Crippen molar-refractivity contribution in [3.05, 3.63) is 65.1 Å². The Bertz CT molecular complexity index is 1140. The molecular weight excluding hydrogens is 400 g/mol. The van der Waals surface area contributed by atoms with E-state index in [0.29, 0.717) is 18.8 Å². The molecule has 1 aliphatic carbocycles. The van der Waals surface area contributed by atoms with Gasteiger partial charge >= 0.3 is 0 Å². The number of fused-ring (bicyclic) bond motifs is 1. The van der Waals surface area contributed by atoms with E-state index in [4.69, 9.17) is 14.7 Å². The van der Waals surface area contributed by atoms with Crippen molar-refractivity contribution >= 4 is 17.4 Å². The minimum absolute atomic E-state index is 0.104. The van der Waals surface area contributed by atoms with Gasteiger partial charge in [0.05, 0.1) is 5.69 Å². The predicted octanol–water partition coefficient (Wildman–Crippen LogP) is 4.96. The molecule has 0 atom stereocenters. The molecule has 0 fully saturated rings. The highest BCUT2D eigenvalue weighted by molar-refractivity contribution is 5.80. The first-order valence-electron chi connectivity index (χ1n) is 11.1. The number of Topliss-reactive ketones (excluding diaryl/α,β-unsaturated/α-hetero) is 1. The quantitative estimate of drug-likeness (QED) is 0.544. The molecule has 0 saturated carbocycles. The van der Waals surface area contributed by atoms with Crippen LogP contribution in [0.25, 0.3) is 11.3 Å². The predicted molar refractivity (Wildman–Crippen MR) is 126 cm³/mol. The molecule has 0 radical (unpaired) electrons. The fraction of sp³-hybridized carbons (Fsp3) is 0.385. The highest BCUT2D eigenvalue weighted by atomic mass is 16.5. The minimum Gasteiger partial charge on any atom is -0.377 e. The number of methoxy groups -OCH3 is 1. The maximum Gasteiger partial charge on any atom is 0.227 e. The van der Waals surface area contributed by atoms with Crippen molar-refractivity contribution in [2.45, 2.75) is 51.9 Å². The minimum atomic E-state index is 0.104. The monoisotopic (exact) mass is 430 g/mol. The molecule has 166 valence electrons. The van der Waals surface area contributed by atoms with Crippen molar-refractivity contribution in [3.63, 3.8) is 0 Å². The molecule has 0 saturated heterocycles. The van der Waals surface area contributed by atoms with Crippen LogP contribution in [0, 0.1) is 6.92 Å². The van der Waals surface area contributed by atoms with Crippen molar-refractivity contribution in [3.8, 4) is 11.3 Å². The molecule has 0 bridgehead atoms. The molecule has 0 amide bonds. The van der Waals surface area contributed by atoms with Gasteiger partial charge in [0.25, 0.3) is 0 Å². The number of anilines is 2. The topological polar surface area (TPSA) is 77.0 Å². The number of nitrogens with one attached hydrogen (secondary N) is 1. The average molecular weight is 431 g/mol. The van der Waals surface area contributed by atoms with Crippen LogP contribution in [0.2, 0.25) is 0 Å². The number of hydrogen-bond acceptors (Lipinski definition) is 6. The number of rotatable bonds is 8. The Hall–Kier alpha value is -3.12. The summed E-state index contributed by atoms with van der Waals surface area (Å²) in [5.41, 5.74) is 7.66. The molecule has 0 spiro atoms. The lowest BCUT2D eigenvalue weighted by Crippen LogP contribution is -2.12. The van der Waals surface area contributed by atoms with Gasteiger partial charge in [0.1, 0.15) is 6.61 Å². The molecule has 2 aromatic heterocycles. The van der Waals surface area contributed by atoms with E-state index >= 15 is 0 Å². The Kier molecular flexibility index (Phi) is 6.33. The van der Waals surface area contributed by atoms with Crippen LogP contribution >= 0.6 is 0 Å². The summed E-state index contributed by atoms with van der Waals surface area (Å²) in [4.78, 5) is 25.7. The van der Waals surface area contributed by atoms with E-state index < -0.39 is 0 Å². The lowest BCUT2D eigenvalue weighted by atomic mass is 9.86. The molecular formula is C26H30N4O2. The van der Waals surface area contributed by atoms with Crippen molar-refractivity contribution in [1.29, 1.82) is 0 Å². The fourth-order valence-electron chi connectivity index (χ4n) is 4.28. The Morgan fingerprint density at radius 3 is 2.88 bits per heavy atom. The number of carbonyl (C=O) groups is 1. The van der Waals surface area contributed by atoms with Gasteiger partial charge in [0.2, 0.25) is 5.95 Å². The van der Waals surface area contributed by atoms with Gasteiger partial charge < -0.3 is 10.1 Å². The Balaban J connectivity index is 1.54. The zero-order chi connectivity index (χ0) is 22.7. The average Bonchev–Trinajstić information content (AvgIpc) is 3.09. The van der Waals surface area contributed by atoms with Crippen molar-refractivity contribution < 1.29 is 9.53 Å². The number of nitrogens with zero attached hydrogens (tertiary/aromatic N) is 3. The van der Waals surface area contributed by atoms with Gasteiger partial charge in [0, 0.05) is 42.9 Å². The van der Waals surface area contributed by atoms with Crippen LogP contribution < -0.4 is 5.32 Å². The lowest BCUT2D eigenvalue weighted by molar-refractivity contribution is -0.122. The van der Waals surface area contributed by atoms with Crippen LogP contribution in [0.4, 0.5) is 11.6 Å². The van der Waals surface area contributed by atoms with Crippen LogP contribution in [0.3, 0.4) is 0 Å². The third-order valence-corrected chi connectivity index (χ3v) is 6.31. The normalized spacial score (nSPS) is 14.2. The van der Waals surface area contributed by atoms with Crippen LogP contribution in [0.15, 0.2) is 42.7 Å². The van der Waals surface area contributed by atoms with Crippen LogP contribution in [0.1, 0.15) is 49.1 Å². The SMILES string of the molecule is COCC(=O)CCc1cccc(Nc2nccc(-c3cnc4c(c3)C(C)(C)CC4)n2)c1C. The summed E-state index contributed by atoms with van der Waals surface area (Å²) in [6.45, 7) is 6.76. The molecule has 6 nitrogen and oxygen atoms in total. The summed E-state index contributed by atoms with van der Waals surface area (Å²) >= 11 is 0. The number of ketones is 1. The van der Waals surface area contributed by atoms with E-state index in [1.54, 1.807) is 13.3 Å². The van der Waals surface area contributed by atoms with Gasteiger partial charge in [0.15, 0.2) is 5.78 Å². The standard InChI is InChI=1S/C26H30N4O2/c1-17-18(8-9-20(31)16-32-4)6-5-7-22(17)29-25-27-13-11-23(30-25)19-14-21-24(28-15-19)10-12-26(21,2)3/h5-7,11,13-15H,8-10,12,16H2,1-4H3,(H,27,29,30). The largest absolute Gasteiger partial charge is 0.377 e. The maximum absolute atomic E-state index is 11.8. The number of benzene rings is 1. The number of aromatic nitrogens is 3. The summed E-state index contributed by atoms with van der Waals surface area (Å²) in [5, 5.41) is 3.35. The zero-order valence-corrected chi connectivity index (χ0v) is 19.2. The van der Waals surface area contributed by atoms with Gasteiger partial charge in [-0.25, -0.2) is 9.97 Å². The summed E-state index contributed by atoms with van der Waals surface area (Å²) in [6.07, 6.45) is 6.99. The van der Waals surface area contributed by atoms with E-state index in [0.717, 1.165) is 40.9 Å². The number of pyridine rings is 1. The Labute approximate surface area is 189 Å². The summed E-state index contributed by atoms with van der Waals surface area (Å²) in [5.74, 6) is 0.644. The zero-order valence-electron chi connectivity index (χ0n) is 19.2. The summed E-state index contributed by atoms with van der Waals surface area (Å²) in [6, 6.07) is 10.2. The number of ether oxygens (including phenoxy) is 1. The number of hydrogen-bond donors (Lipinski definition) is 1. The first-order chi connectivity index (χ1) is 15.4. The molecule has 1 N–H and O–H groups in total. The molecule has 4 rings (SSSR count). The lowest BCUT2D eigenvalue weighted by Gasteiger charge is -2.19. The molecule has 1 aliphatic rings. The molecule has 3 aromatic rings. The first-order valence-corrected chi connectivity index (χ1v) is 11.1. The maximum atomic E-state index is 11.8. The molecule has 6 heteroatoms. The third kappa shape index (κ3) is 4.70. The van der Waals surface area contributed by atoms with Gasteiger partial charge in [-0.3, -0.25) is 9.78 Å². The van der Waals surface area contributed by atoms with E-state index in [-0.39, 0.29) is 17.8 Å². The highest BCUT2D eigenvalue weighted by Gasteiger charge is 2.31. The molecule has 32 heavy (non-hydrogen) atoms.